The van der Waals surface area contributed by atoms with Crippen LogP contribution < -0.4 is 10.1 Å². The lowest BCUT2D eigenvalue weighted by molar-refractivity contribution is -0.143. The van der Waals surface area contributed by atoms with Gasteiger partial charge < -0.3 is 24.5 Å². The first-order valence-corrected chi connectivity index (χ1v) is 18.2. The number of rotatable bonds is 14. The highest BCUT2D eigenvalue weighted by Gasteiger charge is 2.55. The summed E-state index contributed by atoms with van der Waals surface area (Å²) >= 11 is 0. The zero-order chi connectivity index (χ0) is 37.2. The van der Waals surface area contributed by atoms with E-state index in [9.17, 15) is 24.0 Å². The van der Waals surface area contributed by atoms with Gasteiger partial charge in [-0.25, -0.2) is 4.79 Å². The number of oxime groups is 1. The quantitative estimate of drug-likeness (QED) is 0.220. The van der Waals surface area contributed by atoms with Crippen LogP contribution in [-0.4, -0.2) is 76.4 Å². The van der Waals surface area contributed by atoms with Crippen LogP contribution in [-0.2, 0) is 28.8 Å². The first-order valence-electron chi connectivity index (χ1n) is 18.2. The molecule has 1 aromatic carbocycles. The van der Waals surface area contributed by atoms with E-state index in [4.69, 9.17) is 14.3 Å². The van der Waals surface area contributed by atoms with Crippen LogP contribution in [0.4, 0.5) is 4.79 Å². The Balaban J connectivity index is 1.65. The normalized spacial score (nSPS) is 21.7. The van der Waals surface area contributed by atoms with E-state index in [0.717, 1.165) is 35.3 Å². The number of hydrogen-bond acceptors (Lipinski definition) is 9. The van der Waals surface area contributed by atoms with E-state index in [-0.39, 0.29) is 31.6 Å². The van der Waals surface area contributed by atoms with Crippen molar-refractivity contribution < 1.29 is 38.3 Å². The van der Waals surface area contributed by atoms with Gasteiger partial charge in [0.15, 0.2) is 17.2 Å². The number of likely N-dealkylation sites (tertiary alicyclic amines) is 1. The maximum absolute atomic E-state index is 14.6. The summed E-state index contributed by atoms with van der Waals surface area (Å²) in [4.78, 5) is 75.6. The van der Waals surface area contributed by atoms with Gasteiger partial charge in [-0.05, 0) is 89.0 Å². The minimum absolute atomic E-state index is 0.0583. The molecular formula is C39H57N3O8. The average Bonchev–Trinajstić information content (AvgIpc) is 3.61. The number of amides is 2. The third-order valence-corrected chi connectivity index (χ3v) is 9.64. The van der Waals surface area contributed by atoms with Gasteiger partial charge in [0.05, 0.1) is 24.9 Å². The third kappa shape index (κ3) is 9.51. The number of carbonyl (C=O) groups is 5. The molecule has 1 aromatic rings. The predicted molar refractivity (Wildman–Crippen MR) is 190 cm³/mol. The van der Waals surface area contributed by atoms with Crippen LogP contribution in [0.15, 0.2) is 17.3 Å². The second-order valence-corrected chi connectivity index (χ2v) is 16.6. The van der Waals surface area contributed by atoms with Gasteiger partial charge in [0, 0.05) is 37.2 Å². The molecule has 0 radical (unpaired) electrons. The van der Waals surface area contributed by atoms with E-state index < -0.39 is 58.2 Å². The molecule has 11 heteroatoms. The lowest BCUT2D eigenvalue weighted by atomic mass is 9.84. The van der Waals surface area contributed by atoms with E-state index in [2.05, 4.69) is 10.5 Å². The molecule has 276 valence electrons. The SMILES string of the molecule is CCCC(=O)C(=O)[C@@H](CC(=O)[C@@H]1C[C@]2(CC(c3cc(C)c(OCC)c(C)c3)=NO2)CN1C(=O)[C@@H](NC(=O)OC(C)(C)C)C(C)(C)C)CC1CC1. The molecule has 1 saturated heterocycles. The number of hydrogen-bond donors (Lipinski definition) is 1. The molecular weight excluding hydrogens is 638 g/mol. The summed E-state index contributed by atoms with van der Waals surface area (Å²) in [6.45, 7) is 19.1. The van der Waals surface area contributed by atoms with E-state index in [1.54, 1.807) is 20.8 Å². The predicted octanol–water partition coefficient (Wildman–Crippen LogP) is 6.42. The van der Waals surface area contributed by atoms with Crippen molar-refractivity contribution in [2.45, 2.75) is 144 Å². The lowest BCUT2D eigenvalue weighted by Gasteiger charge is -2.36. The van der Waals surface area contributed by atoms with Crippen molar-refractivity contribution in [2.75, 3.05) is 13.2 Å². The number of nitrogens with zero attached hydrogens (tertiary/aromatic N) is 2. The minimum atomic E-state index is -1.03. The van der Waals surface area contributed by atoms with Gasteiger partial charge in [0.1, 0.15) is 17.4 Å². The van der Waals surface area contributed by atoms with E-state index >= 15 is 0 Å². The summed E-state index contributed by atoms with van der Waals surface area (Å²) in [7, 11) is 0. The highest BCUT2D eigenvalue weighted by atomic mass is 16.7. The molecule has 2 fully saturated rings. The van der Waals surface area contributed by atoms with Crippen LogP contribution >= 0.6 is 0 Å². The van der Waals surface area contributed by atoms with Crippen molar-refractivity contribution in [1.29, 1.82) is 0 Å². The van der Waals surface area contributed by atoms with Crippen LogP contribution in [0.3, 0.4) is 0 Å². The molecule has 2 amide bonds. The van der Waals surface area contributed by atoms with Gasteiger partial charge in [0.25, 0.3) is 0 Å². The maximum atomic E-state index is 14.6. The smallest absolute Gasteiger partial charge is 0.408 e. The summed E-state index contributed by atoms with van der Waals surface area (Å²) < 4.78 is 11.3. The van der Waals surface area contributed by atoms with Crippen LogP contribution in [0.2, 0.25) is 0 Å². The Morgan fingerprint density at radius 1 is 1.04 bits per heavy atom. The molecule has 0 bridgehead atoms. The van der Waals surface area contributed by atoms with Gasteiger partial charge in [-0.2, -0.15) is 0 Å². The molecule has 1 saturated carbocycles. The monoisotopic (exact) mass is 695 g/mol. The third-order valence-electron chi connectivity index (χ3n) is 9.64. The lowest BCUT2D eigenvalue weighted by Crippen LogP contribution is -2.57. The highest BCUT2D eigenvalue weighted by Crippen LogP contribution is 2.42. The zero-order valence-electron chi connectivity index (χ0n) is 31.7. The van der Waals surface area contributed by atoms with Gasteiger partial charge in [-0.1, -0.05) is 45.7 Å². The van der Waals surface area contributed by atoms with Gasteiger partial charge in [0.2, 0.25) is 11.7 Å². The number of ketones is 3. The Hall–Kier alpha value is -3.76. The number of benzene rings is 1. The summed E-state index contributed by atoms with van der Waals surface area (Å²) in [6, 6.07) is 2.03. The molecule has 50 heavy (non-hydrogen) atoms. The topological polar surface area (TPSA) is 141 Å². The van der Waals surface area contributed by atoms with Crippen molar-refractivity contribution in [3.63, 3.8) is 0 Å². The Morgan fingerprint density at radius 3 is 2.22 bits per heavy atom. The fourth-order valence-electron chi connectivity index (χ4n) is 7.06. The van der Waals surface area contributed by atoms with Gasteiger partial charge in [-0.15, -0.1) is 0 Å². The van der Waals surface area contributed by atoms with Crippen LogP contribution in [0, 0.1) is 31.1 Å². The van der Waals surface area contributed by atoms with Crippen molar-refractivity contribution in [3.8, 4) is 5.75 Å². The molecule has 2 heterocycles. The molecule has 1 aliphatic carbocycles. The number of nitrogens with one attached hydrogen (secondary N) is 1. The van der Waals surface area contributed by atoms with E-state index in [1.807, 2.05) is 60.6 Å². The number of aryl methyl sites for hydroxylation is 2. The van der Waals surface area contributed by atoms with Crippen molar-refractivity contribution >= 4 is 35.1 Å². The second kappa shape index (κ2) is 15.2. The summed E-state index contributed by atoms with van der Waals surface area (Å²) in [5.41, 5.74) is 0.979. The molecule has 0 unspecified atom stereocenters. The number of Topliss-reactive ketones (excluding diaryl/α,β-unsaturated/α-hetero) is 3. The fourth-order valence-corrected chi connectivity index (χ4v) is 7.06. The fraction of sp³-hybridized carbons (Fsp3) is 0.692. The first kappa shape index (κ1) is 39.0. The highest BCUT2D eigenvalue weighted by molar-refractivity contribution is 6.38. The van der Waals surface area contributed by atoms with Crippen LogP contribution in [0.5, 0.6) is 5.75 Å². The van der Waals surface area contributed by atoms with Gasteiger partial charge in [-0.3, -0.25) is 19.2 Å². The maximum Gasteiger partial charge on any atom is 0.408 e. The summed E-state index contributed by atoms with van der Waals surface area (Å²) in [5.74, 6) is -1.28. The van der Waals surface area contributed by atoms with Crippen molar-refractivity contribution in [1.82, 2.24) is 10.2 Å². The number of ether oxygens (including phenoxy) is 2. The zero-order valence-corrected chi connectivity index (χ0v) is 31.7. The number of carbonyl (C=O) groups excluding carboxylic acids is 5. The van der Waals surface area contributed by atoms with Crippen molar-refractivity contribution in [3.05, 3.63) is 28.8 Å². The molecule has 11 nitrogen and oxygen atoms in total. The largest absolute Gasteiger partial charge is 0.493 e. The second-order valence-electron chi connectivity index (χ2n) is 16.6. The Kier molecular flexibility index (Phi) is 11.9. The molecule has 2 aliphatic heterocycles. The average molecular weight is 696 g/mol. The van der Waals surface area contributed by atoms with Crippen LogP contribution in [0.25, 0.3) is 0 Å². The molecule has 1 spiro atoms. The Morgan fingerprint density at radius 2 is 1.68 bits per heavy atom. The number of alkyl carbamates (subject to hydrolysis) is 1. The van der Waals surface area contributed by atoms with E-state index in [0.29, 0.717) is 37.5 Å². The first-order chi connectivity index (χ1) is 23.3. The molecule has 3 aliphatic rings. The van der Waals surface area contributed by atoms with Gasteiger partial charge >= 0.3 is 6.09 Å². The van der Waals surface area contributed by atoms with Crippen molar-refractivity contribution in [2.24, 2.45) is 22.4 Å². The summed E-state index contributed by atoms with van der Waals surface area (Å²) in [6.07, 6.45) is 2.76. The minimum Gasteiger partial charge on any atom is -0.493 e. The standard InChI is InChI=1S/C39H57N3O8/c1-11-13-30(43)32(45)27(18-25-14-15-25)19-31(44)29-21-39(20-28(41-50-39)26-16-23(3)33(48-12-2)24(4)17-26)22-42(29)35(46)34(37(5,6)7)40-36(47)49-38(8,9)10/h16-17,25,27,29,34H,11-15,18-22H2,1-10H3,(H,40,47)/t27-,29+,34-,39-/m1/s1. The molecule has 1 N–H and O–H groups in total. The van der Waals surface area contributed by atoms with Crippen LogP contribution in [0.1, 0.15) is 123 Å². The van der Waals surface area contributed by atoms with E-state index in [1.165, 1.54) is 4.90 Å². The molecule has 4 atom stereocenters. The molecule has 0 aromatic heterocycles. The Labute approximate surface area is 297 Å². The summed E-state index contributed by atoms with van der Waals surface area (Å²) in [5, 5.41) is 7.26. The Bertz CT molecular complexity index is 1490. The molecule has 4 rings (SSSR count).